The quantitative estimate of drug-likeness (QED) is 0.906. The molecule has 0 spiro atoms. The molecule has 0 saturated carbocycles. The SMILES string of the molecule is O=C(CCCc1ccc(F)c(F)c1)N1CCNCC1c1cccnc1. The van der Waals surface area contributed by atoms with Crippen LogP contribution < -0.4 is 5.32 Å². The minimum Gasteiger partial charge on any atom is -0.333 e. The number of hydrogen-bond acceptors (Lipinski definition) is 3. The van der Waals surface area contributed by atoms with Crippen molar-refractivity contribution in [3.63, 3.8) is 0 Å². The van der Waals surface area contributed by atoms with Crippen LogP contribution in [0.3, 0.4) is 0 Å². The smallest absolute Gasteiger partial charge is 0.223 e. The maximum atomic E-state index is 13.2. The van der Waals surface area contributed by atoms with Gasteiger partial charge in [0.1, 0.15) is 0 Å². The number of carbonyl (C=O) groups excluding carboxylic acids is 1. The number of amides is 1. The number of piperazine rings is 1. The molecule has 1 aromatic heterocycles. The van der Waals surface area contributed by atoms with Gasteiger partial charge in [0.05, 0.1) is 6.04 Å². The van der Waals surface area contributed by atoms with E-state index in [2.05, 4.69) is 10.3 Å². The summed E-state index contributed by atoms with van der Waals surface area (Å²) < 4.78 is 26.2. The van der Waals surface area contributed by atoms with Crippen LogP contribution in [0.25, 0.3) is 0 Å². The van der Waals surface area contributed by atoms with Gasteiger partial charge in [0, 0.05) is 38.4 Å². The molecule has 2 aromatic rings. The number of benzene rings is 1. The molecule has 6 heteroatoms. The van der Waals surface area contributed by atoms with Gasteiger partial charge in [-0.05, 0) is 42.2 Å². The van der Waals surface area contributed by atoms with Gasteiger partial charge in [0.25, 0.3) is 0 Å². The molecule has 25 heavy (non-hydrogen) atoms. The third-order valence-electron chi connectivity index (χ3n) is 4.47. The summed E-state index contributed by atoms with van der Waals surface area (Å²) in [5, 5.41) is 3.31. The number of nitrogens with zero attached hydrogens (tertiary/aromatic N) is 2. The standard InChI is InChI=1S/C19H21F2N3O/c20-16-7-6-14(11-17(16)21)3-1-5-19(25)24-10-9-23-13-18(24)15-4-2-8-22-12-15/h2,4,6-8,11-12,18,23H,1,3,5,9-10,13H2. The zero-order chi connectivity index (χ0) is 17.6. The highest BCUT2D eigenvalue weighted by Crippen LogP contribution is 2.23. The second kappa shape index (κ2) is 8.16. The van der Waals surface area contributed by atoms with Gasteiger partial charge in [-0.1, -0.05) is 12.1 Å². The minimum absolute atomic E-state index is 0.0155. The number of carbonyl (C=O) groups is 1. The van der Waals surface area contributed by atoms with Gasteiger partial charge in [0.15, 0.2) is 11.6 Å². The summed E-state index contributed by atoms with van der Waals surface area (Å²) in [5.41, 5.74) is 1.72. The van der Waals surface area contributed by atoms with Crippen molar-refractivity contribution in [2.75, 3.05) is 19.6 Å². The van der Waals surface area contributed by atoms with Gasteiger partial charge in [-0.3, -0.25) is 9.78 Å². The lowest BCUT2D eigenvalue weighted by atomic mass is 10.0. The van der Waals surface area contributed by atoms with Crippen LogP contribution in [0.1, 0.15) is 30.0 Å². The van der Waals surface area contributed by atoms with Crippen LogP contribution in [0.15, 0.2) is 42.7 Å². The van der Waals surface area contributed by atoms with E-state index in [-0.39, 0.29) is 11.9 Å². The highest BCUT2D eigenvalue weighted by molar-refractivity contribution is 5.77. The second-order valence-electron chi connectivity index (χ2n) is 6.20. The number of aryl methyl sites for hydroxylation is 1. The van der Waals surface area contributed by atoms with E-state index in [1.54, 1.807) is 18.5 Å². The van der Waals surface area contributed by atoms with E-state index < -0.39 is 11.6 Å². The Balaban J connectivity index is 1.58. The Morgan fingerprint density at radius 1 is 1.28 bits per heavy atom. The molecule has 1 N–H and O–H groups in total. The van der Waals surface area contributed by atoms with Gasteiger partial charge in [-0.2, -0.15) is 0 Å². The van der Waals surface area contributed by atoms with Crippen molar-refractivity contribution >= 4 is 5.91 Å². The van der Waals surface area contributed by atoms with Crippen LogP contribution in [-0.2, 0) is 11.2 Å². The normalized spacial score (nSPS) is 17.5. The van der Waals surface area contributed by atoms with E-state index in [0.29, 0.717) is 37.9 Å². The number of aromatic nitrogens is 1. The molecule has 0 bridgehead atoms. The van der Waals surface area contributed by atoms with Crippen LogP contribution >= 0.6 is 0 Å². The third kappa shape index (κ3) is 4.39. The highest BCUT2D eigenvalue weighted by atomic mass is 19.2. The van der Waals surface area contributed by atoms with E-state index >= 15 is 0 Å². The van der Waals surface area contributed by atoms with E-state index in [9.17, 15) is 13.6 Å². The fraction of sp³-hybridized carbons (Fsp3) is 0.368. The molecule has 1 saturated heterocycles. The average molecular weight is 345 g/mol. The van der Waals surface area contributed by atoms with Crippen molar-refractivity contribution in [2.45, 2.75) is 25.3 Å². The van der Waals surface area contributed by atoms with Crippen molar-refractivity contribution in [3.05, 3.63) is 65.5 Å². The van der Waals surface area contributed by atoms with Crippen molar-refractivity contribution in [2.24, 2.45) is 0 Å². The molecular weight excluding hydrogens is 324 g/mol. The summed E-state index contributed by atoms with van der Waals surface area (Å²) in [5.74, 6) is -1.61. The lowest BCUT2D eigenvalue weighted by molar-refractivity contribution is -0.134. The summed E-state index contributed by atoms with van der Waals surface area (Å²) in [7, 11) is 0. The summed E-state index contributed by atoms with van der Waals surface area (Å²) in [6.45, 7) is 2.13. The molecular formula is C19H21F2N3O. The summed E-state index contributed by atoms with van der Waals surface area (Å²) in [6.07, 6.45) is 5.04. The van der Waals surface area contributed by atoms with Gasteiger partial charge in [0.2, 0.25) is 5.91 Å². The van der Waals surface area contributed by atoms with Gasteiger partial charge < -0.3 is 10.2 Å². The Hall–Kier alpha value is -2.34. The predicted octanol–water partition coefficient (Wildman–Crippen LogP) is 2.86. The summed E-state index contributed by atoms with van der Waals surface area (Å²) >= 11 is 0. The Bertz CT molecular complexity index is 724. The van der Waals surface area contributed by atoms with Crippen LogP contribution in [0, 0.1) is 11.6 Å². The van der Waals surface area contributed by atoms with Crippen LogP contribution in [0.2, 0.25) is 0 Å². The molecule has 3 rings (SSSR count). The Morgan fingerprint density at radius 3 is 2.92 bits per heavy atom. The Labute approximate surface area is 145 Å². The van der Waals surface area contributed by atoms with E-state index in [1.165, 1.54) is 6.07 Å². The number of nitrogens with one attached hydrogen (secondary N) is 1. The second-order valence-corrected chi connectivity index (χ2v) is 6.20. The summed E-state index contributed by atoms with van der Waals surface area (Å²) in [4.78, 5) is 18.7. The number of pyridine rings is 1. The first-order valence-corrected chi connectivity index (χ1v) is 8.49. The van der Waals surface area contributed by atoms with E-state index in [0.717, 1.165) is 18.2 Å². The van der Waals surface area contributed by atoms with E-state index in [1.807, 2.05) is 17.0 Å². The monoisotopic (exact) mass is 345 g/mol. The molecule has 1 atom stereocenters. The maximum absolute atomic E-state index is 13.2. The molecule has 1 aromatic carbocycles. The Kier molecular flexibility index (Phi) is 5.71. The molecule has 0 radical (unpaired) electrons. The fourth-order valence-corrected chi connectivity index (χ4v) is 3.16. The van der Waals surface area contributed by atoms with Crippen LogP contribution in [0.5, 0.6) is 0 Å². The van der Waals surface area contributed by atoms with Crippen molar-refractivity contribution in [3.8, 4) is 0 Å². The van der Waals surface area contributed by atoms with Crippen molar-refractivity contribution < 1.29 is 13.6 Å². The third-order valence-corrected chi connectivity index (χ3v) is 4.47. The Morgan fingerprint density at radius 2 is 2.16 bits per heavy atom. The minimum atomic E-state index is -0.847. The van der Waals surface area contributed by atoms with Gasteiger partial charge >= 0.3 is 0 Å². The largest absolute Gasteiger partial charge is 0.333 e. The molecule has 2 heterocycles. The first-order chi connectivity index (χ1) is 12.1. The molecule has 1 fully saturated rings. The maximum Gasteiger partial charge on any atom is 0.223 e. The van der Waals surface area contributed by atoms with Crippen LogP contribution in [-0.4, -0.2) is 35.4 Å². The first kappa shape index (κ1) is 17.5. The average Bonchev–Trinajstić information content (AvgIpc) is 2.65. The molecule has 1 unspecified atom stereocenters. The molecule has 1 aliphatic rings. The fourth-order valence-electron chi connectivity index (χ4n) is 3.16. The zero-order valence-corrected chi connectivity index (χ0v) is 13.9. The highest BCUT2D eigenvalue weighted by Gasteiger charge is 2.27. The van der Waals surface area contributed by atoms with Crippen molar-refractivity contribution in [1.82, 2.24) is 15.2 Å². The number of halogens is 2. The molecule has 4 nitrogen and oxygen atoms in total. The first-order valence-electron chi connectivity index (χ1n) is 8.49. The number of hydrogen-bond donors (Lipinski definition) is 1. The zero-order valence-electron chi connectivity index (χ0n) is 13.9. The van der Waals surface area contributed by atoms with Gasteiger partial charge in [-0.25, -0.2) is 8.78 Å². The van der Waals surface area contributed by atoms with Crippen LogP contribution in [0.4, 0.5) is 8.78 Å². The lowest BCUT2D eigenvalue weighted by Gasteiger charge is -2.36. The van der Waals surface area contributed by atoms with Gasteiger partial charge in [-0.15, -0.1) is 0 Å². The lowest BCUT2D eigenvalue weighted by Crippen LogP contribution is -2.48. The van der Waals surface area contributed by atoms with Crippen molar-refractivity contribution in [1.29, 1.82) is 0 Å². The van der Waals surface area contributed by atoms with E-state index in [4.69, 9.17) is 0 Å². The molecule has 1 amide bonds. The molecule has 132 valence electrons. The summed E-state index contributed by atoms with van der Waals surface area (Å²) in [6, 6.07) is 7.72. The topological polar surface area (TPSA) is 45.2 Å². The molecule has 1 aliphatic heterocycles. The predicted molar refractivity (Wildman–Crippen MR) is 90.9 cm³/mol. The molecule has 0 aliphatic carbocycles. The number of rotatable bonds is 5.